The first-order valence-corrected chi connectivity index (χ1v) is 6.04. The van der Waals surface area contributed by atoms with Gasteiger partial charge in [-0.2, -0.15) is 0 Å². The molecule has 7 nitrogen and oxygen atoms in total. The van der Waals surface area contributed by atoms with Gasteiger partial charge in [0.15, 0.2) is 0 Å². The second-order valence-electron chi connectivity index (χ2n) is 4.13. The van der Waals surface area contributed by atoms with E-state index in [1.807, 2.05) is 0 Å². The maximum absolute atomic E-state index is 11.1. The van der Waals surface area contributed by atoms with Crippen molar-refractivity contribution >= 4 is 5.97 Å². The lowest BCUT2D eigenvalue weighted by Gasteiger charge is -2.06. The van der Waals surface area contributed by atoms with Crippen molar-refractivity contribution in [3.05, 3.63) is 29.7 Å². The molecule has 0 unspecified atom stereocenters. The Morgan fingerprint density at radius 3 is 2.29 bits per heavy atom. The van der Waals surface area contributed by atoms with Gasteiger partial charge in [-0.15, -0.1) is 0 Å². The van der Waals surface area contributed by atoms with Crippen LogP contribution in [0.4, 0.5) is 0 Å². The standard InChI is InChI=1S/C14H15NO6/c1-18-7-11-12(14(16)17)21-13(15-11)8-4-9(19-2)6-10(5-8)20-3/h4-6H,7H2,1-3H3,(H,16,17). The smallest absolute Gasteiger partial charge is 0.373 e. The molecule has 0 aliphatic heterocycles. The molecule has 0 spiro atoms. The average molecular weight is 293 g/mol. The molecule has 2 rings (SSSR count). The Bertz CT molecular complexity index is 627. The lowest BCUT2D eigenvalue weighted by atomic mass is 10.2. The summed E-state index contributed by atoms with van der Waals surface area (Å²) in [5.74, 6) is -0.179. The van der Waals surface area contributed by atoms with Crippen LogP contribution in [-0.4, -0.2) is 37.4 Å². The van der Waals surface area contributed by atoms with Gasteiger partial charge in [0.25, 0.3) is 0 Å². The lowest BCUT2D eigenvalue weighted by Crippen LogP contribution is -2.00. The van der Waals surface area contributed by atoms with Gasteiger partial charge in [-0.05, 0) is 12.1 Å². The molecule has 112 valence electrons. The van der Waals surface area contributed by atoms with E-state index in [9.17, 15) is 4.79 Å². The summed E-state index contributed by atoms with van der Waals surface area (Å²) in [5.41, 5.74) is 0.776. The minimum atomic E-state index is -1.20. The van der Waals surface area contributed by atoms with Crippen LogP contribution in [0.5, 0.6) is 11.5 Å². The molecular formula is C14H15NO6. The third-order valence-electron chi connectivity index (χ3n) is 2.77. The van der Waals surface area contributed by atoms with Gasteiger partial charge in [-0.25, -0.2) is 9.78 Å². The molecule has 0 amide bonds. The van der Waals surface area contributed by atoms with Crippen LogP contribution < -0.4 is 9.47 Å². The Morgan fingerprint density at radius 1 is 1.19 bits per heavy atom. The quantitative estimate of drug-likeness (QED) is 0.872. The summed E-state index contributed by atoms with van der Waals surface area (Å²) in [6, 6.07) is 5.05. The van der Waals surface area contributed by atoms with Gasteiger partial charge in [0.05, 0.1) is 20.8 Å². The van der Waals surface area contributed by atoms with Crippen LogP contribution in [0.3, 0.4) is 0 Å². The minimum Gasteiger partial charge on any atom is -0.497 e. The number of carboxylic acids is 1. The highest BCUT2D eigenvalue weighted by Crippen LogP contribution is 2.30. The zero-order valence-corrected chi connectivity index (χ0v) is 11.9. The number of carbonyl (C=O) groups is 1. The molecule has 0 fully saturated rings. The molecule has 0 aliphatic rings. The van der Waals surface area contributed by atoms with Crippen molar-refractivity contribution < 1.29 is 28.5 Å². The fourth-order valence-electron chi connectivity index (χ4n) is 1.81. The van der Waals surface area contributed by atoms with Crippen LogP contribution in [0.1, 0.15) is 16.2 Å². The molecule has 0 saturated heterocycles. The van der Waals surface area contributed by atoms with E-state index >= 15 is 0 Å². The number of hydrogen-bond donors (Lipinski definition) is 1. The van der Waals surface area contributed by atoms with E-state index in [0.29, 0.717) is 17.1 Å². The van der Waals surface area contributed by atoms with Crippen LogP contribution in [0.15, 0.2) is 22.6 Å². The summed E-state index contributed by atoms with van der Waals surface area (Å²) in [5, 5.41) is 9.12. The largest absolute Gasteiger partial charge is 0.497 e. The summed E-state index contributed by atoms with van der Waals surface area (Å²) in [6.45, 7) is 0.0479. The Balaban J connectivity index is 2.50. The van der Waals surface area contributed by atoms with E-state index in [2.05, 4.69) is 4.98 Å². The highest BCUT2D eigenvalue weighted by Gasteiger charge is 2.21. The van der Waals surface area contributed by atoms with Crippen molar-refractivity contribution in [3.8, 4) is 23.0 Å². The molecule has 1 aromatic heterocycles. The molecule has 0 radical (unpaired) electrons. The second kappa shape index (κ2) is 6.27. The van der Waals surface area contributed by atoms with Gasteiger partial charge in [0.2, 0.25) is 11.7 Å². The predicted molar refractivity (Wildman–Crippen MR) is 72.7 cm³/mol. The molecule has 2 aromatic rings. The Hall–Kier alpha value is -2.54. The van der Waals surface area contributed by atoms with Crippen molar-refractivity contribution in [1.82, 2.24) is 4.98 Å². The number of benzene rings is 1. The fourth-order valence-corrected chi connectivity index (χ4v) is 1.81. The van der Waals surface area contributed by atoms with Gasteiger partial charge in [0.1, 0.15) is 17.2 Å². The molecule has 1 heterocycles. The molecule has 1 aromatic carbocycles. The van der Waals surface area contributed by atoms with Crippen molar-refractivity contribution in [2.75, 3.05) is 21.3 Å². The summed E-state index contributed by atoms with van der Waals surface area (Å²) >= 11 is 0. The molecule has 0 atom stereocenters. The molecule has 1 N–H and O–H groups in total. The fraction of sp³-hybridized carbons (Fsp3) is 0.286. The topological polar surface area (TPSA) is 91.0 Å². The highest BCUT2D eigenvalue weighted by molar-refractivity contribution is 5.86. The number of carboxylic acid groups (broad SMARTS) is 1. The molecule has 21 heavy (non-hydrogen) atoms. The third-order valence-corrected chi connectivity index (χ3v) is 2.77. The summed E-state index contributed by atoms with van der Waals surface area (Å²) in [4.78, 5) is 15.3. The summed E-state index contributed by atoms with van der Waals surface area (Å²) < 4.78 is 20.6. The number of ether oxygens (including phenoxy) is 3. The predicted octanol–water partition coefficient (Wildman–Crippen LogP) is 2.20. The summed E-state index contributed by atoms with van der Waals surface area (Å²) in [6.07, 6.45) is 0. The number of methoxy groups -OCH3 is 3. The van der Waals surface area contributed by atoms with E-state index in [1.165, 1.54) is 21.3 Å². The van der Waals surface area contributed by atoms with Crippen molar-refractivity contribution in [1.29, 1.82) is 0 Å². The molecular weight excluding hydrogens is 278 g/mol. The zero-order valence-electron chi connectivity index (χ0n) is 11.9. The van der Waals surface area contributed by atoms with Gasteiger partial charge in [-0.1, -0.05) is 0 Å². The number of aromatic nitrogens is 1. The number of rotatable bonds is 6. The maximum Gasteiger partial charge on any atom is 0.373 e. The Kier molecular flexibility index (Phi) is 4.44. The van der Waals surface area contributed by atoms with E-state index in [0.717, 1.165) is 0 Å². The van der Waals surface area contributed by atoms with Gasteiger partial charge < -0.3 is 23.7 Å². The van der Waals surface area contributed by atoms with Crippen molar-refractivity contribution in [2.24, 2.45) is 0 Å². The Morgan fingerprint density at radius 2 is 1.81 bits per heavy atom. The Labute approximate surface area is 121 Å². The van der Waals surface area contributed by atoms with Gasteiger partial charge >= 0.3 is 5.97 Å². The highest BCUT2D eigenvalue weighted by atomic mass is 16.5. The third kappa shape index (κ3) is 3.14. The van der Waals surface area contributed by atoms with E-state index < -0.39 is 5.97 Å². The first-order valence-electron chi connectivity index (χ1n) is 6.04. The van der Waals surface area contributed by atoms with E-state index in [4.69, 9.17) is 23.7 Å². The number of oxazole rings is 1. The SMILES string of the molecule is COCc1nc(-c2cc(OC)cc(OC)c2)oc1C(=O)O. The lowest BCUT2D eigenvalue weighted by molar-refractivity contribution is 0.0656. The van der Waals surface area contributed by atoms with Crippen LogP contribution in [0.25, 0.3) is 11.5 Å². The average Bonchev–Trinajstić information content (AvgIpc) is 2.91. The number of hydrogen-bond acceptors (Lipinski definition) is 6. The number of aromatic carboxylic acids is 1. The summed E-state index contributed by atoms with van der Waals surface area (Å²) in [7, 11) is 4.49. The van der Waals surface area contributed by atoms with Crippen LogP contribution >= 0.6 is 0 Å². The van der Waals surface area contributed by atoms with Gasteiger partial charge in [0, 0.05) is 18.7 Å². The normalized spacial score (nSPS) is 10.4. The van der Waals surface area contributed by atoms with Crippen LogP contribution in [-0.2, 0) is 11.3 Å². The minimum absolute atomic E-state index is 0.0479. The first-order chi connectivity index (χ1) is 10.1. The van der Waals surface area contributed by atoms with Crippen molar-refractivity contribution in [3.63, 3.8) is 0 Å². The molecule has 0 bridgehead atoms. The molecule has 0 saturated carbocycles. The van der Waals surface area contributed by atoms with E-state index in [-0.39, 0.29) is 24.0 Å². The number of nitrogens with zero attached hydrogens (tertiary/aromatic N) is 1. The molecule has 0 aliphatic carbocycles. The second-order valence-corrected chi connectivity index (χ2v) is 4.13. The van der Waals surface area contributed by atoms with Gasteiger partial charge in [-0.3, -0.25) is 0 Å². The zero-order chi connectivity index (χ0) is 15.4. The monoisotopic (exact) mass is 293 g/mol. The van der Waals surface area contributed by atoms with Crippen LogP contribution in [0.2, 0.25) is 0 Å². The molecule has 7 heteroatoms. The van der Waals surface area contributed by atoms with Crippen molar-refractivity contribution in [2.45, 2.75) is 6.61 Å². The van der Waals surface area contributed by atoms with E-state index in [1.54, 1.807) is 18.2 Å². The first kappa shape index (κ1) is 14.9. The van der Waals surface area contributed by atoms with Crippen LogP contribution in [0, 0.1) is 0 Å². The maximum atomic E-state index is 11.1.